The van der Waals surface area contributed by atoms with Crippen molar-refractivity contribution in [2.45, 2.75) is 47.0 Å². The van der Waals surface area contributed by atoms with Crippen molar-refractivity contribution >= 4 is 5.97 Å². The average Bonchev–Trinajstić information content (AvgIpc) is 2.15. The molecule has 3 heteroatoms. The van der Waals surface area contributed by atoms with E-state index in [1.165, 1.54) is 6.92 Å². The van der Waals surface area contributed by atoms with Crippen LogP contribution < -0.4 is 5.32 Å². The van der Waals surface area contributed by atoms with Gasteiger partial charge in [0, 0.05) is 13.5 Å². The van der Waals surface area contributed by atoms with Crippen LogP contribution in [-0.4, -0.2) is 12.5 Å². The number of hydrogen-bond donors (Lipinski definition) is 1. The molecule has 0 fully saturated rings. The molecule has 0 bridgehead atoms. The fraction of sp³-hybridized carbons (Fsp3) is 0.727. The average molecular weight is 199 g/mol. The molecule has 0 aliphatic heterocycles. The third kappa shape index (κ3) is 5.62. The number of carbonyl (C=O) groups is 1. The summed E-state index contributed by atoms with van der Waals surface area (Å²) in [6.45, 7) is 8.42. The fourth-order valence-corrected chi connectivity index (χ4v) is 0.957. The Morgan fingerprint density at radius 2 is 1.93 bits per heavy atom. The van der Waals surface area contributed by atoms with Gasteiger partial charge in [-0.15, -0.1) is 0 Å². The van der Waals surface area contributed by atoms with Gasteiger partial charge in [-0.3, -0.25) is 4.79 Å². The highest BCUT2D eigenvalue weighted by molar-refractivity contribution is 5.67. The first-order valence-corrected chi connectivity index (χ1v) is 5.23. The molecular formula is C11H21NO2. The Bertz CT molecular complexity index is 209. The third-order valence-electron chi connectivity index (χ3n) is 1.98. The predicted molar refractivity (Wildman–Crippen MR) is 57.7 cm³/mol. The van der Waals surface area contributed by atoms with Gasteiger partial charge in [-0.1, -0.05) is 20.3 Å². The van der Waals surface area contributed by atoms with Gasteiger partial charge in [-0.2, -0.15) is 0 Å². The lowest BCUT2D eigenvalue weighted by atomic mass is 10.2. The first-order chi connectivity index (χ1) is 6.61. The van der Waals surface area contributed by atoms with Crippen LogP contribution in [0.15, 0.2) is 11.5 Å². The van der Waals surface area contributed by atoms with E-state index < -0.39 is 0 Å². The first kappa shape index (κ1) is 13.0. The monoisotopic (exact) mass is 199 g/mol. The minimum Gasteiger partial charge on any atom is -0.410 e. The van der Waals surface area contributed by atoms with Gasteiger partial charge in [0.05, 0.1) is 0 Å². The van der Waals surface area contributed by atoms with Crippen LogP contribution in [0, 0.1) is 0 Å². The van der Waals surface area contributed by atoms with Crippen molar-refractivity contribution in [1.82, 2.24) is 5.32 Å². The van der Waals surface area contributed by atoms with Gasteiger partial charge in [0.2, 0.25) is 0 Å². The van der Waals surface area contributed by atoms with Crippen LogP contribution in [0.3, 0.4) is 0 Å². The molecule has 0 aromatic heterocycles. The highest BCUT2D eigenvalue weighted by Crippen LogP contribution is 2.07. The molecule has 0 unspecified atom stereocenters. The molecule has 0 saturated carbocycles. The molecule has 0 radical (unpaired) electrons. The predicted octanol–water partition coefficient (Wildman–Crippen LogP) is 2.58. The van der Waals surface area contributed by atoms with Crippen LogP contribution in [0.4, 0.5) is 0 Å². The van der Waals surface area contributed by atoms with Gasteiger partial charge < -0.3 is 10.1 Å². The summed E-state index contributed by atoms with van der Waals surface area (Å²) in [7, 11) is 0. The molecule has 3 nitrogen and oxygen atoms in total. The number of unbranched alkanes of at least 4 members (excludes halogenated alkanes) is 1. The number of esters is 1. The highest BCUT2D eigenvalue weighted by atomic mass is 16.5. The normalized spacial score (nSPS) is 12.0. The van der Waals surface area contributed by atoms with Crippen LogP contribution in [0.1, 0.15) is 47.0 Å². The summed E-state index contributed by atoms with van der Waals surface area (Å²) >= 11 is 0. The second-order valence-corrected chi connectivity index (χ2v) is 3.34. The summed E-state index contributed by atoms with van der Waals surface area (Å²) in [5.74, 6) is 0.366. The minimum atomic E-state index is -0.267. The topological polar surface area (TPSA) is 38.3 Å². The van der Waals surface area contributed by atoms with Crippen LogP contribution in [0.25, 0.3) is 0 Å². The number of carbonyl (C=O) groups excluding carboxylic acids is 1. The molecule has 0 aromatic carbocycles. The SMILES string of the molecule is CCCCN/C(OC(C)=O)=C(/C)CC. The lowest BCUT2D eigenvalue weighted by molar-refractivity contribution is -0.137. The molecule has 0 spiro atoms. The van der Waals surface area contributed by atoms with Crippen LogP contribution in [-0.2, 0) is 9.53 Å². The van der Waals surface area contributed by atoms with Crippen molar-refractivity contribution < 1.29 is 9.53 Å². The van der Waals surface area contributed by atoms with Gasteiger partial charge in [-0.25, -0.2) is 0 Å². The quantitative estimate of drug-likeness (QED) is 0.406. The van der Waals surface area contributed by atoms with E-state index in [1.807, 2.05) is 13.8 Å². The van der Waals surface area contributed by atoms with Crippen molar-refractivity contribution in [1.29, 1.82) is 0 Å². The van der Waals surface area contributed by atoms with E-state index in [-0.39, 0.29) is 5.97 Å². The summed E-state index contributed by atoms with van der Waals surface area (Å²) < 4.78 is 5.08. The number of ether oxygens (including phenoxy) is 1. The lowest BCUT2D eigenvalue weighted by Gasteiger charge is -2.12. The molecule has 0 rings (SSSR count). The zero-order valence-corrected chi connectivity index (χ0v) is 9.64. The van der Waals surface area contributed by atoms with Crippen LogP contribution in [0.5, 0.6) is 0 Å². The summed E-state index contributed by atoms with van der Waals surface area (Å²) in [5, 5.41) is 3.14. The summed E-state index contributed by atoms with van der Waals surface area (Å²) in [4.78, 5) is 10.8. The molecule has 0 aliphatic rings. The Balaban J connectivity index is 4.18. The summed E-state index contributed by atoms with van der Waals surface area (Å²) in [6.07, 6.45) is 3.11. The van der Waals surface area contributed by atoms with E-state index in [1.54, 1.807) is 0 Å². The van der Waals surface area contributed by atoms with Crippen molar-refractivity contribution in [3.63, 3.8) is 0 Å². The number of allylic oxidation sites excluding steroid dienone is 1. The van der Waals surface area contributed by atoms with Gasteiger partial charge in [0.25, 0.3) is 0 Å². The molecule has 0 amide bonds. The zero-order chi connectivity index (χ0) is 11.0. The third-order valence-corrected chi connectivity index (χ3v) is 1.98. The largest absolute Gasteiger partial charge is 0.410 e. The maximum Gasteiger partial charge on any atom is 0.309 e. The molecule has 0 aliphatic carbocycles. The van der Waals surface area contributed by atoms with E-state index in [0.29, 0.717) is 5.88 Å². The van der Waals surface area contributed by atoms with E-state index in [0.717, 1.165) is 31.4 Å². The molecular weight excluding hydrogens is 178 g/mol. The highest BCUT2D eigenvalue weighted by Gasteiger charge is 2.04. The lowest BCUT2D eigenvalue weighted by Crippen LogP contribution is -2.20. The Morgan fingerprint density at radius 3 is 2.36 bits per heavy atom. The Labute approximate surface area is 86.5 Å². The maximum atomic E-state index is 10.8. The second kappa shape index (κ2) is 7.42. The van der Waals surface area contributed by atoms with E-state index in [4.69, 9.17) is 4.74 Å². The maximum absolute atomic E-state index is 10.8. The summed E-state index contributed by atoms with van der Waals surface area (Å²) in [6, 6.07) is 0. The van der Waals surface area contributed by atoms with Crippen molar-refractivity contribution in [3.05, 3.63) is 11.5 Å². The molecule has 1 N–H and O–H groups in total. The van der Waals surface area contributed by atoms with Gasteiger partial charge >= 0.3 is 5.97 Å². The number of hydrogen-bond acceptors (Lipinski definition) is 3. The Morgan fingerprint density at radius 1 is 1.29 bits per heavy atom. The van der Waals surface area contributed by atoms with Crippen molar-refractivity contribution in [2.24, 2.45) is 0 Å². The summed E-state index contributed by atoms with van der Waals surface area (Å²) in [5.41, 5.74) is 1.08. The fourth-order valence-electron chi connectivity index (χ4n) is 0.957. The second-order valence-electron chi connectivity index (χ2n) is 3.34. The van der Waals surface area contributed by atoms with E-state index in [2.05, 4.69) is 12.2 Å². The Hall–Kier alpha value is -0.990. The van der Waals surface area contributed by atoms with Gasteiger partial charge in [-0.05, 0) is 25.3 Å². The number of nitrogens with one attached hydrogen (secondary N) is 1. The molecule has 14 heavy (non-hydrogen) atoms. The molecule has 0 atom stereocenters. The van der Waals surface area contributed by atoms with Crippen molar-refractivity contribution in [3.8, 4) is 0 Å². The number of rotatable bonds is 6. The van der Waals surface area contributed by atoms with Gasteiger partial charge in [0.15, 0.2) is 5.88 Å². The minimum absolute atomic E-state index is 0.267. The van der Waals surface area contributed by atoms with Crippen LogP contribution in [0.2, 0.25) is 0 Å². The molecule has 0 aromatic rings. The van der Waals surface area contributed by atoms with Gasteiger partial charge in [0.1, 0.15) is 0 Å². The standard InChI is InChI=1S/C11H21NO2/c1-5-7-8-12-11(9(3)6-2)14-10(4)13/h12H,5-8H2,1-4H3/b11-9+. The zero-order valence-electron chi connectivity index (χ0n) is 9.64. The van der Waals surface area contributed by atoms with E-state index in [9.17, 15) is 4.79 Å². The molecule has 82 valence electrons. The van der Waals surface area contributed by atoms with Crippen LogP contribution >= 0.6 is 0 Å². The van der Waals surface area contributed by atoms with Crippen molar-refractivity contribution in [2.75, 3.05) is 6.54 Å². The molecule has 0 saturated heterocycles. The molecule has 0 heterocycles. The smallest absolute Gasteiger partial charge is 0.309 e. The van der Waals surface area contributed by atoms with E-state index >= 15 is 0 Å². The Kier molecular flexibility index (Phi) is 6.89. The first-order valence-electron chi connectivity index (χ1n) is 5.23.